The molecule has 1 atom stereocenters. The maximum Gasteiger partial charge on any atom is 1.00 e. The molecule has 0 amide bonds. The Morgan fingerprint density at radius 3 is 1.86 bits per heavy atom. The van der Waals surface area contributed by atoms with Gasteiger partial charge in [-0.2, -0.15) is 20.5 Å². The molecule has 0 saturated carbocycles. The first-order chi connectivity index (χ1) is 18.5. The molecule has 3 aromatic rings. The van der Waals surface area contributed by atoms with Crippen molar-refractivity contribution in [1.29, 1.82) is 0 Å². The summed E-state index contributed by atoms with van der Waals surface area (Å²) in [6, 6.07) is 16.2. The second-order valence-electron chi connectivity index (χ2n) is 9.87. The van der Waals surface area contributed by atoms with E-state index in [-0.39, 0.29) is 146 Å². The Balaban J connectivity index is -0.000000551. The molecule has 17 heteroatoms. The molecule has 7 nitrogen and oxygen atoms in total. The predicted octanol–water partition coefficient (Wildman–Crippen LogP) is -4.14. The first kappa shape index (κ1) is 48.6. The number of alkyl halides is 2. The fourth-order valence-corrected chi connectivity index (χ4v) is 7.09. The molecule has 0 radical (unpaired) electrons. The first-order valence-electron chi connectivity index (χ1n) is 12.2. The van der Waals surface area contributed by atoms with E-state index in [1.807, 2.05) is 45.0 Å². The van der Waals surface area contributed by atoms with Gasteiger partial charge in [0.25, 0.3) is 0 Å². The van der Waals surface area contributed by atoms with Crippen molar-refractivity contribution >= 4 is 48.2 Å². The van der Waals surface area contributed by atoms with E-state index in [0.717, 1.165) is 23.6 Å². The van der Waals surface area contributed by atoms with Crippen molar-refractivity contribution < 1.29 is 166 Å². The third-order valence-corrected chi connectivity index (χ3v) is 9.63. The van der Waals surface area contributed by atoms with Gasteiger partial charge >= 0.3 is 139 Å². The zero-order valence-electron chi connectivity index (χ0n) is 30.0. The van der Waals surface area contributed by atoms with Gasteiger partial charge in [-0.1, -0.05) is 72.2 Å². The predicted molar refractivity (Wildman–Crippen MR) is 163 cm³/mol. The second kappa shape index (κ2) is 21.0. The minimum atomic E-state index is -5.66. The maximum absolute atomic E-state index is 14.0. The molecular formula is C27H35BrF2Na4O7P2S. The SMILES string of the molecule is CC(C)CC(C)Oc1ccc(-c2ccc(CSCc3ccc(C(F)(F)P(=O)(O)O)c(Br)c3)cc2)cc1P(=O)(O)O.[H-].[H-].[H-].[H-].[Na+].[Na+].[Na+].[Na+]. The van der Waals surface area contributed by atoms with Crippen molar-refractivity contribution in [3.63, 3.8) is 0 Å². The largest absolute Gasteiger partial charge is 1.00 e. The fraction of sp³-hybridized carbons (Fsp3) is 0.333. The third kappa shape index (κ3) is 14.0. The van der Waals surface area contributed by atoms with Gasteiger partial charge in [0.1, 0.15) is 11.1 Å². The van der Waals surface area contributed by atoms with Gasteiger partial charge in [0, 0.05) is 21.5 Å². The monoisotopic (exact) mass is 774 g/mol. The van der Waals surface area contributed by atoms with Crippen LogP contribution in [0.15, 0.2) is 65.1 Å². The molecule has 0 saturated heterocycles. The molecule has 0 aliphatic carbocycles. The Bertz CT molecular complexity index is 1460. The molecule has 3 aromatic carbocycles. The van der Waals surface area contributed by atoms with Gasteiger partial charge in [-0.3, -0.25) is 9.13 Å². The van der Waals surface area contributed by atoms with Gasteiger partial charge in [0.2, 0.25) is 0 Å². The Hall–Kier alpha value is 2.45. The van der Waals surface area contributed by atoms with Crippen molar-refractivity contribution in [3.05, 3.63) is 81.8 Å². The summed E-state index contributed by atoms with van der Waals surface area (Å²) < 4.78 is 57.2. The van der Waals surface area contributed by atoms with Gasteiger partial charge < -0.3 is 30.0 Å². The number of benzene rings is 3. The number of hydrogen-bond acceptors (Lipinski definition) is 4. The van der Waals surface area contributed by atoms with Crippen LogP contribution in [0.3, 0.4) is 0 Å². The summed E-state index contributed by atoms with van der Waals surface area (Å²) in [6.07, 6.45) is 0.546. The molecule has 0 bridgehead atoms. The zero-order chi connectivity index (χ0) is 29.9. The topological polar surface area (TPSA) is 124 Å². The summed E-state index contributed by atoms with van der Waals surface area (Å²) in [5, 5.41) is -0.157. The van der Waals surface area contributed by atoms with Crippen LogP contribution in [-0.4, -0.2) is 25.7 Å². The van der Waals surface area contributed by atoms with E-state index in [0.29, 0.717) is 28.6 Å². The number of thioether (sulfide) groups is 1. The molecule has 0 aliphatic rings. The summed E-state index contributed by atoms with van der Waals surface area (Å²) >= 11 is 4.52. The van der Waals surface area contributed by atoms with Gasteiger partial charge in [-0.05, 0) is 59.7 Å². The Morgan fingerprint density at radius 1 is 0.841 bits per heavy atom. The molecule has 0 aliphatic heterocycles. The Labute approximate surface area is 364 Å². The zero-order valence-corrected chi connectivity index (χ0v) is 38.2. The molecule has 44 heavy (non-hydrogen) atoms. The van der Waals surface area contributed by atoms with Crippen molar-refractivity contribution in [2.75, 3.05) is 0 Å². The average Bonchev–Trinajstić information content (AvgIpc) is 2.83. The Morgan fingerprint density at radius 2 is 1.36 bits per heavy atom. The average molecular weight is 775 g/mol. The van der Waals surface area contributed by atoms with Crippen LogP contribution in [0, 0.1) is 5.92 Å². The molecule has 0 heterocycles. The van der Waals surface area contributed by atoms with Gasteiger partial charge in [0.05, 0.1) is 6.10 Å². The fourth-order valence-electron chi connectivity index (χ4n) is 4.08. The smallest absolute Gasteiger partial charge is 1.00 e. The van der Waals surface area contributed by atoms with Gasteiger partial charge in [0.15, 0.2) is 0 Å². The van der Waals surface area contributed by atoms with E-state index in [1.54, 1.807) is 12.1 Å². The minimum Gasteiger partial charge on any atom is -1.00 e. The summed E-state index contributed by atoms with van der Waals surface area (Å²) in [5.74, 6) is 1.63. The molecule has 0 spiro atoms. The normalized spacial score (nSPS) is 12.2. The van der Waals surface area contributed by atoms with Gasteiger partial charge in [-0.25, -0.2) is 0 Å². The number of halogens is 3. The van der Waals surface area contributed by atoms with Crippen molar-refractivity contribution in [3.8, 4) is 16.9 Å². The minimum absolute atomic E-state index is 0. The second-order valence-corrected chi connectivity index (χ2v) is 14.9. The molecule has 226 valence electrons. The number of hydrogen-bond donors (Lipinski definition) is 4. The van der Waals surface area contributed by atoms with E-state index < -0.39 is 26.4 Å². The van der Waals surface area contributed by atoms with Crippen molar-refractivity contribution in [2.45, 2.75) is 50.5 Å². The molecule has 3 rings (SSSR count). The van der Waals surface area contributed by atoms with Crippen LogP contribution in [0.25, 0.3) is 11.1 Å². The number of rotatable bonds is 12. The summed E-state index contributed by atoms with van der Waals surface area (Å²) in [7, 11) is -10.2. The van der Waals surface area contributed by atoms with Crippen LogP contribution in [0.2, 0.25) is 0 Å². The third-order valence-electron chi connectivity index (χ3n) is 5.95. The molecule has 1 unspecified atom stereocenters. The van der Waals surface area contributed by atoms with Crippen LogP contribution < -0.4 is 128 Å². The van der Waals surface area contributed by atoms with Gasteiger partial charge in [-0.15, -0.1) is 0 Å². The molecular weight excluding hydrogens is 740 g/mol. The van der Waals surface area contributed by atoms with Crippen LogP contribution in [0.4, 0.5) is 8.78 Å². The number of ether oxygens (including phenoxy) is 1. The van der Waals surface area contributed by atoms with Crippen molar-refractivity contribution in [1.82, 2.24) is 0 Å². The summed E-state index contributed by atoms with van der Waals surface area (Å²) in [6.45, 7) is 5.97. The summed E-state index contributed by atoms with van der Waals surface area (Å²) in [5.41, 5.74) is -1.96. The Kier molecular flexibility index (Phi) is 23.1. The standard InChI is InChI=1S/C27H31BrF2O7P2S.4Na.4H/c1-17(2)12-18(3)37-25-11-9-22(14-26(25)38(31,32)33)21-7-4-19(5-8-21)15-40-16-20-6-10-23(24(28)13-20)27(29,30)39(34,35)36;;;;;;;;/h4-11,13-14,17-18H,12,15-16H2,1-3H3,(H2,31,32,33)(H2,34,35,36);;;;;;;;/q;4*+1;4*-1. The van der Waals surface area contributed by atoms with Crippen molar-refractivity contribution in [2.24, 2.45) is 5.92 Å². The molecule has 4 N–H and O–H groups in total. The quantitative estimate of drug-likeness (QED) is 0.108. The van der Waals surface area contributed by atoms with Crippen LogP contribution in [-0.2, 0) is 26.3 Å². The van der Waals surface area contributed by atoms with E-state index in [4.69, 9.17) is 14.5 Å². The van der Waals surface area contributed by atoms with Crippen LogP contribution in [0.1, 0.15) is 49.6 Å². The summed E-state index contributed by atoms with van der Waals surface area (Å²) in [4.78, 5) is 37.8. The van der Waals surface area contributed by atoms with Crippen LogP contribution in [0.5, 0.6) is 5.75 Å². The molecule has 0 fully saturated rings. The first-order valence-corrected chi connectivity index (χ1v) is 17.4. The van der Waals surface area contributed by atoms with E-state index in [2.05, 4.69) is 15.9 Å². The maximum atomic E-state index is 14.0. The van der Waals surface area contributed by atoms with E-state index in [9.17, 15) is 27.7 Å². The van der Waals surface area contributed by atoms with E-state index >= 15 is 0 Å². The van der Waals surface area contributed by atoms with Crippen LogP contribution >= 0.6 is 42.9 Å². The molecule has 0 aromatic heterocycles. The van der Waals surface area contributed by atoms with E-state index in [1.165, 1.54) is 30.0 Å².